The lowest BCUT2D eigenvalue weighted by molar-refractivity contribution is -0.659. The van der Waals surface area contributed by atoms with E-state index in [1.807, 2.05) is 13.8 Å². The third-order valence-electron chi connectivity index (χ3n) is 10.7. The molecule has 0 saturated carbocycles. The Bertz CT molecular complexity index is 1260. The van der Waals surface area contributed by atoms with Gasteiger partial charge in [0.1, 0.15) is 7.05 Å². The summed E-state index contributed by atoms with van der Waals surface area (Å²) >= 11 is 0. The lowest BCUT2D eigenvalue weighted by Crippen LogP contribution is -2.42. The fourth-order valence-corrected chi connectivity index (χ4v) is 6.49. The molecule has 0 spiro atoms. The summed E-state index contributed by atoms with van der Waals surface area (Å²) in [7, 11) is 2.21. The Morgan fingerprint density at radius 2 is 1.27 bits per heavy atom. The molecule has 0 N–H and O–H groups in total. The second-order valence-electron chi connectivity index (χ2n) is 13.3. The van der Waals surface area contributed by atoms with E-state index in [9.17, 15) is 0 Å². The predicted octanol–water partition coefficient (Wildman–Crippen LogP) is 12.0. The van der Waals surface area contributed by atoms with Crippen molar-refractivity contribution in [1.29, 1.82) is 0 Å². The largest absolute Gasteiger partial charge is 0.220 e. The van der Waals surface area contributed by atoms with Gasteiger partial charge in [0.2, 0.25) is 5.69 Å². The SMILES string of the molecule is C=C.CC.CCCC.CCCC(C)(CC)c1cc2c(cc1-c1c3ccccc3cc[n+]1C)C(C)(C)C(C)(C)C2(C)C. The van der Waals surface area contributed by atoms with Gasteiger partial charge in [-0.1, -0.05) is 134 Å². The van der Waals surface area contributed by atoms with E-state index >= 15 is 0 Å². The maximum Gasteiger partial charge on any atom is 0.220 e. The van der Waals surface area contributed by atoms with Crippen molar-refractivity contribution in [2.24, 2.45) is 12.5 Å². The molecule has 0 aliphatic heterocycles. The zero-order chi connectivity index (χ0) is 31.8. The first-order valence-electron chi connectivity index (χ1n) is 16.3. The number of nitrogens with zero attached hydrogens (tertiary/aromatic N) is 1. The van der Waals surface area contributed by atoms with Crippen LogP contribution in [0.3, 0.4) is 0 Å². The molecule has 0 fully saturated rings. The summed E-state index contributed by atoms with van der Waals surface area (Å²) in [5, 5.41) is 2.65. The first-order valence-corrected chi connectivity index (χ1v) is 16.3. The fraction of sp³-hybridized carbons (Fsp3) is 0.575. The highest BCUT2D eigenvalue weighted by Gasteiger charge is 2.57. The molecule has 1 aromatic heterocycles. The van der Waals surface area contributed by atoms with Gasteiger partial charge in [0.15, 0.2) is 6.20 Å². The van der Waals surface area contributed by atoms with E-state index in [1.165, 1.54) is 58.8 Å². The Morgan fingerprint density at radius 3 is 1.76 bits per heavy atom. The molecule has 1 heteroatoms. The minimum Gasteiger partial charge on any atom is -0.200 e. The van der Waals surface area contributed by atoms with Gasteiger partial charge in [0.25, 0.3) is 0 Å². The lowest BCUT2D eigenvalue weighted by Gasteiger charge is -2.44. The van der Waals surface area contributed by atoms with E-state index in [0.717, 1.165) is 6.42 Å². The maximum atomic E-state index is 3.00. The Balaban J connectivity index is 0.000000950. The highest BCUT2D eigenvalue weighted by molar-refractivity contribution is 5.94. The van der Waals surface area contributed by atoms with E-state index in [-0.39, 0.29) is 21.7 Å². The molecule has 3 aromatic rings. The summed E-state index contributed by atoms with van der Waals surface area (Å²) in [5.41, 5.74) is 7.89. The highest BCUT2D eigenvalue weighted by Crippen LogP contribution is 2.62. The molecule has 0 bridgehead atoms. The first-order chi connectivity index (χ1) is 19.2. The van der Waals surface area contributed by atoms with Crippen molar-refractivity contribution >= 4 is 10.8 Å². The van der Waals surface area contributed by atoms with Gasteiger partial charge in [0, 0.05) is 6.07 Å². The fourth-order valence-electron chi connectivity index (χ4n) is 6.49. The summed E-state index contributed by atoms with van der Waals surface area (Å²) in [6.45, 7) is 36.3. The van der Waals surface area contributed by atoms with Crippen molar-refractivity contribution in [2.75, 3.05) is 0 Å². The zero-order valence-corrected chi connectivity index (χ0v) is 29.5. The van der Waals surface area contributed by atoms with Crippen molar-refractivity contribution in [1.82, 2.24) is 0 Å². The summed E-state index contributed by atoms with van der Waals surface area (Å²) < 4.78 is 2.34. The molecule has 0 saturated heterocycles. The van der Waals surface area contributed by atoms with Crippen LogP contribution in [0, 0.1) is 5.41 Å². The molecule has 2 aromatic carbocycles. The van der Waals surface area contributed by atoms with Crippen LogP contribution in [-0.2, 0) is 23.3 Å². The second-order valence-corrected chi connectivity index (χ2v) is 13.3. The summed E-state index contributed by atoms with van der Waals surface area (Å²) in [6, 6.07) is 16.3. The average Bonchev–Trinajstić information content (AvgIpc) is 3.08. The van der Waals surface area contributed by atoms with Crippen LogP contribution in [0.2, 0.25) is 0 Å². The van der Waals surface area contributed by atoms with Gasteiger partial charge in [-0.2, -0.15) is 0 Å². The summed E-state index contributed by atoms with van der Waals surface area (Å²) in [5.74, 6) is 0. The average molecular weight is 559 g/mol. The monoisotopic (exact) mass is 559 g/mol. The van der Waals surface area contributed by atoms with Crippen LogP contribution >= 0.6 is 0 Å². The van der Waals surface area contributed by atoms with Crippen LogP contribution in [0.25, 0.3) is 22.0 Å². The third kappa shape index (κ3) is 6.50. The molecule has 4 rings (SSSR count). The van der Waals surface area contributed by atoms with Crippen LogP contribution in [0.15, 0.2) is 61.8 Å². The van der Waals surface area contributed by atoms with E-state index in [1.54, 1.807) is 5.56 Å². The smallest absolute Gasteiger partial charge is 0.200 e. The lowest BCUT2D eigenvalue weighted by atomic mass is 9.59. The standard InChI is InChI=1S/C32H44N.C4H10.C2H6.C2H4/c1-11-18-32(9,12-2)25-21-27-26(29(3,4)31(7,8)30(27,5)6)20-24(25)28-23-16-14-13-15-22(23)17-19-33(28)10;1-3-4-2;2*1-2/h13-17,19-21H,11-12,18H2,1-10H3;3-4H2,1-2H3;1-2H3;1-2H2/q+1;;;. The zero-order valence-electron chi connectivity index (χ0n) is 29.5. The molecule has 1 aliphatic carbocycles. The van der Waals surface area contributed by atoms with E-state index in [2.05, 4.69) is 150 Å². The minimum absolute atomic E-state index is 0.0929. The van der Waals surface area contributed by atoms with Crippen molar-refractivity contribution in [3.63, 3.8) is 0 Å². The number of fused-ring (bicyclic) bond motifs is 2. The van der Waals surface area contributed by atoms with Crippen LogP contribution in [0.5, 0.6) is 0 Å². The van der Waals surface area contributed by atoms with Gasteiger partial charge < -0.3 is 0 Å². The van der Waals surface area contributed by atoms with Crippen LogP contribution in [0.1, 0.15) is 139 Å². The topological polar surface area (TPSA) is 3.88 Å². The van der Waals surface area contributed by atoms with Gasteiger partial charge in [0.05, 0.1) is 10.9 Å². The van der Waals surface area contributed by atoms with Gasteiger partial charge in [-0.3, -0.25) is 0 Å². The number of aryl methyl sites for hydroxylation is 1. The summed E-state index contributed by atoms with van der Waals surface area (Å²) in [6.07, 6.45) is 8.42. The molecule has 1 aliphatic rings. The highest BCUT2D eigenvalue weighted by atomic mass is 14.9. The molecule has 1 heterocycles. The van der Waals surface area contributed by atoms with Crippen molar-refractivity contribution in [3.8, 4) is 11.3 Å². The molecular formula is C40H64N+. The quantitative estimate of drug-likeness (QED) is 0.209. The Hall–Kier alpha value is -2.41. The Kier molecular flexibility index (Phi) is 13.1. The Morgan fingerprint density at radius 1 is 0.756 bits per heavy atom. The van der Waals surface area contributed by atoms with Crippen LogP contribution in [0.4, 0.5) is 0 Å². The first kappa shape index (κ1) is 36.6. The van der Waals surface area contributed by atoms with Gasteiger partial charge in [-0.05, 0) is 68.7 Å². The number of hydrogen-bond acceptors (Lipinski definition) is 0. The number of unbranched alkanes of at least 4 members (excludes halogenated alkanes) is 1. The number of hydrogen-bond donors (Lipinski definition) is 0. The predicted molar refractivity (Wildman–Crippen MR) is 186 cm³/mol. The molecule has 1 atom stereocenters. The van der Waals surface area contributed by atoms with E-state index < -0.39 is 0 Å². The Labute approximate surface area is 255 Å². The molecule has 1 nitrogen and oxygen atoms in total. The number of benzene rings is 2. The second kappa shape index (κ2) is 14.7. The minimum atomic E-state index is 0.0929. The number of rotatable bonds is 6. The van der Waals surface area contributed by atoms with Crippen LogP contribution in [-0.4, -0.2) is 0 Å². The molecule has 0 radical (unpaired) electrons. The number of aromatic nitrogens is 1. The molecular weight excluding hydrogens is 494 g/mol. The molecule has 228 valence electrons. The van der Waals surface area contributed by atoms with Crippen molar-refractivity contribution < 1.29 is 4.57 Å². The van der Waals surface area contributed by atoms with Crippen LogP contribution < -0.4 is 4.57 Å². The van der Waals surface area contributed by atoms with Gasteiger partial charge in [-0.25, -0.2) is 4.57 Å². The number of pyridine rings is 1. The molecule has 1 unspecified atom stereocenters. The molecule has 41 heavy (non-hydrogen) atoms. The van der Waals surface area contributed by atoms with Gasteiger partial charge in [-0.15, -0.1) is 13.2 Å². The normalized spacial score (nSPS) is 17.0. The molecule has 0 amide bonds. The third-order valence-corrected chi connectivity index (χ3v) is 10.7. The van der Waals surface area contributed by atoms with Crippen molar-refractivity contribution in [2.45, 2.75) is 138 Å². The van der Waals surface area contributed by atoms with E-state index in [0.29, 0.717) is 0 Å². The van der Waals surface area contributed by atoms with Crippen molar-refractivity contribution in [3.05, 3.63) is 78.5 Å². The summed E-state index contributed by atoms with van der Waals surface area (Å²) in [4.78, 5) is 0. The van der Waals surface area contributed by atoms with Gasteiger partial charge >= 0.3 is 0 Å². The van der Waals surface area contributed by atoms with E-state index in [4.69, 9.17) is 0 Å². The maximum absolute atomic E-state index is 3.00.